The zero-order valence-corrected chi connectivity index (χ0v) is 14.9. The molecular weight excluding hydrogens is 349 g/mol. The third-order valence-corrected chi connectivity index (χ3v) is 4.20. The number of nitrogens with zero attached hydrogens (tertiary/aromatic N) is 3. The third kappa shape index (κ3) is 4.20. The van der Waals surface area contributed by atoms with Gasteiger partial charge in [-0.2, -0.15) is 0 Å². The van der Waals surface area contributed by atoms with Gasteiger partial charge in [0.05, 0.1) is 11.1 Å². The molecule has 0 amide bonds. The highest BCUT2D eigenvalue weighted by molar-refractivity contribution is 5.81. The summed E-state index contributed by atoms with van der Waals surface area (Å²) in [6.07, 6.45) is 1.62. The monoisotopic (exact) mass is 367 g/mol. The maximum Gasteiger partial charge on any atom is 0.269 e. The molecular formula is C20H18FN3O3. The van der Waals surface area contributed by atoms with E-state index in [4.69, 9.17) is 4.84 Å². The number of non-ortho nitro benzene ring substituents is 1. The van der Waals surface area contributed by atoms with Crippen molar-refractivity contribution in [2.24, 2.45) is 5.16 Å². The second kappa shape index (κ2) is 7.82. The van der Waals surface area contributed by atoms with Crippen LogP contribution < -0.4 is 0 Å². The van der Waals surface area contributed by atoms with Crippen molar-refractivity contribution in [3.63, 3.8) is 0 Å². The summed E-state index contributed by atoms with van der Waals surface area (Å²) in [5.41, 5.74) is 4.54. The molecule has 138 valence electrons. The summed E-state index contributed by atoms with van der Waals surface area (Å²) < 4.78 is 15.1. The molecule has 3 aromatic rings. The van der Waals surface area contributed by atoms with Crippen molar-refractivity contribution < 1.29 is 14.2 Å². The van der Waals surface area contributed by atoms with Crippen LogP contribution in [0.5, 0.6) is 0 Å². The number of hydrogen-bond acceptors (Lipinski definition) is 4. The van der Waals surface area contributed by atoms with Gasteiger partial charge in [0.25, 0.3) is 5.69 Å². The van der Waals surface area contributed by atoms with Gasteiger partial charge in [0.15, 0.2) is 0 Å². The van der Waals surface area contributed by atoms with E-state index in [1.165, 1.54) is 24.3 Å². The summed E-state index contributed by atoms with van der Waals surface area (Å²) >= 11 is 0. The van der Waals surface area contributed by atoms with Crippen molar-refractivity contribution in [3.05, 3.63) is 93.0 Å². The zero-order valence-electron chi connectivity index (χ0n) is 14.9. The van der Waals surface area contributed by atoms with Gasteiger partial charge < -0.3 is 9.40 Å². The van der Waals surface area contributed by atoms with Gasteiger partial charge in [-0.1, -0.05) is 5.16 Å². The number of nitro benzene ring substituents is 1. The number of aryl methyl sites for hydroxylation is 1. The van der Waals surface area contributed by atoms with E-state index in [-0.39, 0.29) is 18.1 Å². The van der Waals surface area contributed by atoms with Crippen LogP contribution in [0.25, 0.3) is 5.69 Å². The molecule has 0 fully saturated rings. The van der Waals surface area contributed by atoms with E-state index in [2.05, 4.69) is 5.16 Å². The van der Waals surface area contributed by atoms with E-state index in [0.717, 1.165) is 28.2 Å². The topological polar surface area (TPSA) is 69.7 Å². The van der Waals surface area contributed by atoms with Gasteiger partial charge in [-0.05, 0) is 61.9 Å². The Labute approximate surface area is 155 Å². The lowest BCUT2D eigenvalue weighted by Gasteiger charge is -2.09. The summed E-state index contributed by atoms with van der Waals surface area (Å²) in [6, 6.07) is 14.4. The Balaban J connectivity index is 1.68. The number of aromatic nitrogens is 1. The normalized spacial score (nSPS) is 11.1. The molecule has 1 heterocycles. The number of nitro groups is 1. The largest absolute Gasteiger partial charge is 0.391 e. The molecule has 27 heavy (non-hydrogen) atoms. The minimum absolute atomic E-state index is 0.0375. The van der Waals surface area contributed by atoms with Crippen LogP contribution in [0.15, 0.2) is 59.8 Å². The van der Waals surface area contributed by atoms with Gasteiger partial charge >= 0.3 is 0 Å². The highest BCUT2D eigenvalue weighted by Crippen LogP contribution is 2.20. The lowest BCUT2D eigenvalue weighted by Crippen LogP contribution is -1.99. The smallest absolute Gasteiger partial charge is 0.269 e. The molecule has 0 aliphatic heterocycles. The summed E-state index contributed by atoms with van der Waals surface area (Å²) in [5.74, 6) is -0.275. The van der Waals surface area contributed by atoms with Gasteiger partial charge in [0.1, 0.15) is 12.4 Å². The fraction of sp³-hybridized carbons (Fsp3) is 0.150. The molecule has 0 aliphatic carbocycles. The Morgan fingerprint density at radius 2 is 1.81 bits per heavy atom. The summed E-state index contributed by atoms with van der Waals surface area (Å²) in [6.45, 7) is 4.13. The van der Waals surface area contributed by atoms with Crippen LogP contribution in [0, 0.1) is 29.8 Å². The molecule has 0 N–H and O–H groups in total. The number of rotatable bonds is 6. The van der Waals surface area contributed by atoms with Crippen LogP contribution in [-0.2, 0) is 11.4 Å². The van der Waals surface area contributed by atoms with Crippen molar-refractivity contribution >= 4 is 11.9 Å². The Morgan fingerprint density at radius 3 is 2.44 bits per heavy atom. The van der Waals surface area contributed by atoms with Crippen LogP contribution in [-0.4, -0.2) is 15.7 Å². The molecule has 0 bridgehead atoms. The molecule has 7 heteroatoms. The van der Waals surface area contributed by atoms with Crippen molar-refractivity contribution in [2.45, 2.75) is 20.5 Å². The number of oxime groups is 1. The lowest BCUT2D eigenvalue weighted by atomic mass is 10.2. The Bertz CT molecular complexity index is 977. The average Bonchev–Trinajstić information content (AvgIpc) is 2.93. The van der Waals surface area contributed by atoms with E-state index < -0.39 is 4.92 Å². The third-order valence-electron chi connectivity index (χ3n) is 4.20. The van der Waals surface area contributed by atoms with Gasteiger partial charge in [-0.15, -0.1) is 0 Å². The maximum atomic E-state index is 13.1. The second-order valence-electron chi connectivity index (χ2n) is 6.07. The van der Waals surface area contributed by atoms with E-state index >= 15 is 0 Å². The van der Waals surface area contributed by atoms with Gasteiger partial charge in [0.2, 0.25) is 0 Å². The van der Waals surface area contributed by atoms with Crippen LogP contribution in [0.2, 0.25) is 0 Å². The maximum absolute atomic E-state index is 13.1. The van der Waals surface area contributed by atoms with E-state index in [0.29, 0.717) is 0 Å². The molecule has 1 aromatic heterocycles. The molecule has 0 unspecified atom stereocenters. The van der Waals surface area contributed by atoms with Gasteiger partial charge in [-0.3, -0.25) is 10.1 Å². The molecule has 0 saturated heterocycles. The van der Waals surface area contributed by atoms with Crippen LogP contribution in [0.1, 0.15) is 22.5 Å². The number of halogens is 1. The fourth-order valence-electron chi connectivity index (χ4n) is 2.83. The molecule has 0 saturated carbocycles. The SMILES string of the molecule is Cc1cc(/C=N\OCc2ccc([N+](=O)[O-])cc2)c(C)n1-c1ccc(F)cc1. The summed E-state index contributed by atoms with van der Waals surface area (Å²) in [4.78, 5) is 15.5. The van der Waals surface area contributed by atoms with E-state index in [9.17, 15) is 14.5 Å². The first kappa shape index (κ1) is 18.3. The molecule has 0 atom stereocenters. The van der Waals surface area contributed by atoms with Gasteiger partial charge in [-0.25, -0.2) is 4.39 Å². The highest BCUT2D eigenvalue weighted by atomic mass is 19.1. The predicted molar refractivity (Wildman–Crippen MR) is 101 cm³/mol. The van der Waals surface area contributed by atoms with Crippen molar-refractivity contribution in [3.8, 4) is 5.69 Å². The Kier molecular flexibility index (Phi) is 5.30. The zero-order chi connectivity index (χ0) is 19.4. The number of benzene rings is 2. The molecule has 3 rings (SSSR count). The predicted octanol–water partition coefficient (Wildman–Crippen LogP) is 4.69. The van der Waals surface area contributed by atoms with Gasteiger partial charge in [0, 0.05) is 34.8 Å². The first-order valence-corrected chi connectivity index (χ1v) is 8.29. The first-order valence-electron chi connectivity index (χ1n) is 8.29. The van der Waals surface area contributed by atoms with Crippen LogP contribution in [0.3, 0.4) is 0 Å². The van der Waals surface area contributed by atoms with Crippen LogP contribution >= 0.6 is 0 Å². The first-order chi connectivity index (χ1) is 13.0. The van der Waals surface area contributed by atoms with Crippen molar-refractivity contribution in [2.75, 3.05) is 0 Å². The summed E-state index contributed by atoms with van der Waals surface area (Å²) in [7, 11) is 0. The Morgan fingerprint density at radius 1 is 1.15 bits per heavy atom. The van der Waals surface area contributed by atoms with Crippen molar-refractivity contribution in [1.29, 1.82) is 0 Å². The second-order valence-corrected chi connectivity index (χ2v) is 6.07. The minimum Gasteiger partial charge on any atom is -0.391 e. The van der Waals surface area contributed by atoms with Crippen LogP contribution in [0.4, 0.5) is 10.1 Å². The van der Waals surface area contributed by atoms with Crippen molar-refractivity contribution in [1.82, 2.24) is 4.57 Å². The standard InChI is InChI=1S/C20H18FN3O3/c1-14-11-17(15(2)23(14)19-9-5-18(21)6-10-19)12-22-27-13-16-3-7-20(8-4-16)24(25)26/h3-12H,13H2,1-2H3/b22-12-. The Hall–Kier alpha value is -3.48. The highest BCUT2D eigenvalue weighted by Gasteiger charge is 2.09. The molecule has 0 radical (unpaired) electrons. The molecule has 0 spiro atoms. The quantitative estimate of drug-likeness (QED) is 0.360. The fourth-order valence-corrected chi connectivity index (χ4v) is 2.83. The molecule has 2 aromatic carbocycles. The lowest BCUT2D eigenvalue weighted by molar-refractivity contribution is -0.384. The molecule has 6 nitrogen and oxygen atoms in total. The summed E-state index contributed by atoms with van der Waals surface area (Å²) in [5, 5.41) is 14.6. The molecule has 0 aliphatic rings. The minimum atomic E-state index is -0.445. The average molecular weight is 367 g/mol. The van der Waals surface area contributed by atoms with E-state index in [1.54, 1.807) is 30.5 Å². The number of hydrogen-bond donors (Lipinski definition) is 0. The van der Waals surface area contributed by atoms with E-state index in [1.807, 2.05) is 24.5 Å².